The minimum Gasteiger partial charge on any atom is -0.385 e. The van der Waals surface area contributed by atoms with Gasteiger partial charge in [0.1, 0.15) is 0 Å². The van der Waals surface area contributed by atoms with Gasteiger partial charge >= 0.3 is 0 Å². The molecule has 0 amide bonds. The molecule has 1 aliphatic rings. The lowest BCUT2D eigenvalue weighted by Gasteiger charge is -2.44. The van der Waals surface area contributed by atoms with Crippen molar-refractivity contribution in [3.05, 3.63) is 0 Å². The molecule has 0 bridgehead atoms. The Kier molecular flexibility index (Phi) is 8.92. The number of ether oxygens (including phenoxy) is 1. The minimum atomic E-state index is 0.0951. The summed E-state index contributed by atoms with van der Waals surface area (Å²) in [5, 5.41) is 6.72. The van der Waals surface area contributed by atoms with Gasteiger partial charge in [0.15, 0.2) is 5.96 Å². The first-order chi connectivity index (χ1) is 10.9. The Balaban J connectivity index is 2.57. The summed E-state index contributed by atoms with van der Waals surface area (Å²) in [4.78, 5) is 7.43. The van der Waals surface area contributed by atoms with E-state index in [-0.39, 0.29) is 5.54 Å². The molecule has 1 aliphatic heterocycles. The Morgan fingerprint density at radius 2 is 1.87 bits per heavy atom. The van der Waals surface area contributed by atoms with Gasteiger partial charge in [0, 0.05) is 45.4 Å². The molecule has 2 N–H and O–H groups in total. The highest BCUT2D eigenvalue weighted by molar-refractivity contribution is 5.79. The van der Waals surface area contributed by atoms with Crippen LogP contribution in [-0.2, 0) is 4.74 Å². The molecule has 0 aromatic heterocycles. The van der Waals surface area contributed by atoms with E-state index in [9.17, 15) is 0 Å². The zero-order chi connectivity index (χ0) is 17.3. The fourth-order valence-electron chi connectivity index (χ4n) is 3.29. The van der Waals surface area contributed by atoms with Gasteiger partial charge in [-0.05, 0) is 45.4 Å². The average Bonchev–Trinajstić information content (AvgIpc) is 2.48. The van der Waals surface area contributed by atoms with Crippen molar-refractivity contribution in [2.75, 3.05) is 46.4 Å². The standard InChI is InChI=1S/C18H38N4O/c1-7-19-17(20-9-8-10-23-6)21-14-18(4,5)22-12-15(2)11-16(3)13-22/h15-16H,7-14H2,1-6H3,(H2,19,20,21). The highest BCUT2D eigenvalue weighted by Gasteiger charge is 2.32. The van der Waals surface area contributed by atoms with E-state index in [1.54, 1.807) is 7.11 Å². The fraction of sp³-hybridized carbons (Fsp3) is 0.944. The van der Waals surface area contributed by atoms with E-state index in [1.807, 2.05) is 0 Å². The smallest absolute Gasteiger partial charge is 0.191 e. The lowest BCUT2D eigenvalue weighted by atomic mass is 9.88. The summed E-state index contributed by atoms with van der Waals surface area (Å²) in [6.45, 7) is 17.2. The molecule has 136 valence electrons. The number of methoxy groups -OCH3 is 1. The number of hydrogen-bond donors (Lipinski definition) is 2. The first-order valence-corrected chi connectivity index (χ1v) is 9.15. The average molecular weight is 327 g/mol. The van der Waals surface area contributed by atoms with Crippen LogP contribution in [0.1, 0.15) is 47.5 Å². The maximum absolute atomic E-state index is 5.09. The largest absolute Gasteiger partial charge is 0.385 e. The van der Waals surface area contributed by atoms with Crippen LogP contribution in [-0.4, -0.2) is 62.8 Å². The van der Waals surface area contributed by atoms with Crippen molar-refractivity contribution in [2.45, 2.75) is 53.0 Å². The molecule has 0 radical (unpaired) electrons. The molecule has 2 unspecified atom stereocenters. The maximum atomic E-state index is 5.09. The van der Waals surface area contributed by atoms with E-state index in [0.717, 1.165) is 50.5 Å². The van der Waals surface area contributed by atoms with E-state index in [0.29, 0.717) is 0 Å². The van der Waals surface area contributed by atoms with Gasteiger partial charge in [0.2, 0.25) is 0 Å². The normalized spacial score (nSPS) is 23.8. The molecule has 1 rings (SSSR count). The van der Waals surface area contributed by atoms with Crippen LogP contribution in [0.3, 0.4) is 0 Å². The summed E-state index contributed by atoms with van der Waals surface area (Å²) < 4.78 is 5.09. The Labute approximate surface area is 143 Å². The lowest BCUT2D eigenvalue weighted by Crippen LogP contribution is -2.53. The van der Waals surface area contributed by atoms with E-state index >= 15 is 0 Å². The molecule has 0 aromatic carbocycles. The highest BCUT2D eigenvalue weighted by Crippen LogP contribution is 2.27. The van der Waals surface area contributed by atoms with Crippen LogP contribution >= 0.6 is 0 Å². The predicted molar refractivity (Wildman–Crippen MR) is 99.1 cm³/mol. The van der Waals surface area contributed by atoms with Gasteiger partial charge in [0.05, 0.1) is 6.54 Å². The van der Waals surface area contributed by atoms with Crippen LogP contribution in [0.5, 0.6) is 0 Å². The third-order valence-corrected chi connectivity index (χ3v) is 4.51. The summed E-state index contributed by atoms with van der Waals surface area (Å²) in [5.41, 5.74) is 0.0951. The van der Waals surface area contributed by atoms with Crippen LogP contribution in [0.2, 0.25) is 0 Å². The van der Waals surface area contributed by atoms with E-state index in [1.165, 1.54) is 19.5 Å². The fourth-order valence-corrected chi connectivity index (χ4v) is 3.29. The number of nitrogens with one attached hydrogen (secondary N) is 2. The van der Waals surface area contributed by atoms with E-state index in [4.69, 9.17) is 9.73 Å². The molecule has 1 heterocycles. The number of guanidine groups is 1. The molecule has 5 nitrogen and oxygen atoms in total. The van der Waals surface area contributed by atoms with Crippen molar-refractivity contribution in [1.29, 1.82) is 0 Å². The Bertz CT molecular complexity index is 347. The van der Waals surface area contributed by atoms with Crippen molar-refractivity contribution in [1.82, 2.24) is 15.5 Å². The number of likely N-dealkylation sites (tertiary alicyclic amines) is 1. The van der Waals surface area contributed by atoms with E-state index < -0.39 is 0 Å². The molecule has 1 fully saturated rings. The highest BCUT2D eigenvalue weighted by atomic mass is 16.5. The van der Waals surface area contributed by atoms with Gasteiger partial charge in [-0.25, -0.2) is 0 Å². The Hall–Kier alpha value is -0.810. The molecule has 1 saturated heterocycles. The number of piperidine rings is 1. The second kappa shape index (κ2) is 10.1. The van der Waals surface area contributed by atoms with Gasteiger partial charge in [-0.15, -0.1) is 0 Å². The van der Waals surface area contributed by atoms with Crippen LogP contribution in [0.25, 0.3) is 0 Å². The number of nitrogens with zero attached hydrogens (tertiary/aromatic N) is 2. The lowest BCUT2D eigenvalue weighted by molar-refractivity contribution is 0.0512. The van der Waals surface area contributed by atoms with Gasteiger partial charge in [-0.2, -0.15) is 0 Å². The molecule has 0 aliphatic carbocycles. The summed E-state index contributed by atoms with van der Waals surface area (Å²) in [6, 6.07) is 0. The SMILES string of the molecule is CCNC(=NCC(C)(C)N1CC(C)CC(C)C1)NCCCOC. The summed E-state index contributed by atoms with van der Waals surface area (Å²) in [6.07, 6.45) is 2.34. The zero-order valence-electron chi connectivity index (χ0n) is 16.1. The molecular formula is C18H38N4O. The third kappa shape index (κ3) is 7.53. The van der Waals surface area contributed by atoms with Crippen molar-refractivity contribution in [3.8, 4) is 0 Å². The van der Waals surface area contributed by atoms with Crippen molar-refractivity contribution in [2.24, 2.45) is 16.8 Å². The van der Waals surface area contributed by atoms with Crippen LogP contribution in [0, 0.1) is 11.8 Å². The second-order valence-electron chi connectivity index (χ2n) is 7.63. The summed E-state index contributed by atoms with van der Waals surface area (Å²) in [7, 11) is 1.74. The molecule has 5 heteroatoms. The van der Waals surface area contributed by atoms with Gasteiger partial charge in [-0.1, -0.05) is 13.8 Å². The number of rotatable bonds is 8. The molecule has 2 atom stereocenters. The number of hydrogen-bond acceptors (Lipinski definition) is 3. The topological polar surface area (TPSA) is 48.9 Å². The maximum Gasteiger partial charge on any atom is 0.191 e. The van der Waals surface area contributed by atoms with Gasteiger partial charge < -0.3 is 15.4 Å². The van der Waals surface area contributed by atoms with Crippen molar-refractivity contribution >= 4 is 5.96 Å². The van der Waals surface area contributed by atoms with Crippen LogP contribution in [0.4, 0.5) is 0 Å². The zero-order valence-corrected chi connectivity index (χ0v) is 16.1. The molecule has 0 aromatic rings. The molecule has 23 heavy (non-hydrogen) atoms. The van der Waals surface area contributed by atoms with Crippen LogP contribution in [0.15, 0.2) is 4.99 Å². The second-order valence-corrected chi connectivity index (χ2v) is 7.63. The summed E-state index contributed by atoms with van der Waals surface area (Å²) in [5.74, 6) is 2.47. The van der Waals surface area contributed by atoms with Gasteiger partial charge in [-0.3, -0.25) is 9.89 Å². The third-order valence-electron chi connectivity index (χ3n) is 4.51. The minimum absolute atomic E-state index is 0.0951. The predicted octanol–water partition coefficient (Wildman–Crippen LogP) is 2.33. The van der Waals surface area contributed by atoms with Gasteiger partial charge in [0.25, 0.3) is 0 Å². The van der Waals surface area contributed by atoms with Crippen LogP contribution < -0.4 is 10.6 Å². The molecule has 0 spiro atoms. The van der Waals surface area contributed by atoms with Crippen molar-refractivity contribution < 1.29 is 4.74 Å². The first kappa shape index (κ1) is 20.2. The first-order valence-electron chi connectivity index (χ1n) is 9.15. The quantitative estimate of drug-likeness (QED) is 0.408. The number of aliphatic imine (C=N–C) groups is 1. The monoisotopic (exact) mass is 326 g/mol. The molecular weight excluding hydrogens is 288 g/mol. The Morgan fingerprint density at radius 3 is 2.43 bits per heavy atom. The van der Waals surface area contributed by atoms with E-state index in [2.05, 4.69) is 50.2 Å². The molecule has 0 saturated carbocycles. The Morgan fingerprint density at radius 1 is 1.22 bits per heavy atom. The van der Waals surface area contributed by atoms with Crippen molar-refractivity contribution in [3.63, 3.8) is 0 Å². The summed E-state index contributed by atoms with van der Waals surface area (Å²) >= 11 is 0.